The van der Waals surface area contributed by atoms with Gasteiger partial charge in [0, 0.05) is 11.5 Å². The van der Waals surface area contributed by atoms with Gasteiger partial charge in [0.2, 0.25) is 10.0 Å². The SMILES string of the molecule is CCOC(=O)CN(C)S(=O)(=O)Cc1cc(Br)cc(C(F)(F)F)c1. The van der Waals surface area contributed by atoms with Crippen LogP contribution in [0.3, 0.4) is 0 Å². The van der Waals surface area contributed by atoms with Crippen molar-refractivity contribution >= 4 is 31.9 Å². The van der Waals surface area contributed by atoms with Crippen molar-refractivity contribution in [1.29, 1.82) is 0 Å². The first kappa shape index (κ1) is 19.9. The highest BCUT2D eigenvalue weighted by Crippen LogP contribution is 2.32. The van der Waals surface area contributed by atoms with E-state index in [2.05, 4.69) is 20.7 Å². The Morgan fingerprint density at radius 2 is 1.91 bits per heavy atom. The fourth-order valence-corrected chi connectivity index (χ4v) is 3.36. The molecule has 0 atom stereocenters. The van der Waals surface area contributed by atoms with Crippen LogP contribution in [0.15, 0.2) is 22.7 Å². The zero-order chi connectivity index (χ0) is 17.8. The fourth-order valence-electron chi connectivity index (χ4n) is 1.70. The Balaban J connectivity index is 2.97. The van der Waals surface area contributed by atoms with E-state index in [-0.39, 0.29) is 16.6 Å². The van der Waals surface area contributed by atoms with Crippen molar-refractivity contribution in [3.63, 3.8) is 0 Å². The first-order valence-electron chi connectivity index (χ1n) is 6.42. The Morgan fingerprint density at radius 3 is 2.43 bits per heavy atom. The Bertz CT molecular complexity index is 676. The number of nitrogens with zero attached hydrogens (tertiary/aromatic N) is 1. The number of benzene rings is 1. The van der Waals surface area contributed by atoms with Gasteiger partial charge in [-0.25, -0.2) is 8.42 Å². The van der Waals surface area contributed by atoms with Crippen LogP contribution in [0.1, 0.15) is 18.1 Å². The van der Waals surface area contributed by atoms with Gasteiger partial charge in [0.15, 0.2) is 0 Å². The summed E-state index contributed by atoms with van der Waals surface area (Å²) in [6.45, 7) is 1.18. The van der Waals surface area contributed by atoms with Crippen LogP contribution in [-0.2, 0) is 31.5 Å². The Hall–Kier alpha value is -1.13. The number of halogens is 4. The van der Waals surface area contributed by atoms with E-state index in [1.807, 2.05) is 0 Å². The molecule has 1 aromatic rings. The van der Waals surface area contributed by atoms with Gasteiger partial charge in [-0.2, -0.15) is 17.5 Å². The standard InChI is InChI=1S/C13H15BrF3NO4S/c1-3-22-12(19)7-18(2)23(20,21)8-9-4-10(13(15,16)17)6-11(14)5-9/h4-6H,3,7-8H2,1-2H3. The van der Waals surface area contributed by atoms with Crippen molar-refractivity contribution < 1.29 is 31.1 Å². The Kier molecular flexibility index (Phi) is 6.60. The number of esters is 1. The molecule has 10 heteroatoms. The average molecular weight is 418 g/mol. The lowest BCUT2D eigenvalue weighted by atomic mass is 10.1. The third-order valence-electron chi connectivity index (χ3n) is 2.77. The number of sulfonamides is 1. The first-order chi connectivity index (χ1) is 10.5. The largest absolute Gasteiger partial charge is 0.465 e. The average Bonchev–Trinajstić information content (AvgIpc) is 2.36. The quantitative estimate of drug-likeness (QED) is 0.667. The smallest absolute Gasteiger partial charge is 0.416 e. The lowest BCUT2D eigenvalue weighted by Gasteiger charge is -2.17. The summed E-state index contributed by atoms with van der Waals surface area (Å²) in [7, 11) is -2.80. The molecule has 0 radical (unpaired) electrons. The van der Waals surface area contributed by atoms with E-state index in [1.165, 1.54) is 6.07 Å². The Morgan fingerprint density at radius 1 is 1.30 bits per heavy atom. The number of ether oxygens (including phenoxy) is 1. The minimum Gasteiger partial charge on any atom is -0.465 e. The molecule has 130 valence electrons. The summed E-state index contributed by atoms with van der Waals surface area (Å²) in [5.74, 6) is -1.39. The molecule has 0 aromatic heterocycles. The van der Waals surface area contributed by atoms with Crippen LogP contribution in [0.4, 0.5) is 13.2 Å². The third kappa shape index (κ3) is 6.11. The number of carbonyl (C=O) groups excluding carboxylic acids is 1. The van der Waals surface area contributed by atoms with Gasteiger partial charge in [0.25, 0.3) is 0 Å². The zero-order valence-electron chi connectivity index (χ0n) is 12.4. The molecule has 1 aromatic carbocycles. The summed E-state index contributed by atoms with van der Waals surface area (Å²) in [4.78, 5) is 11.3. The minimum absolute atomic E-state index is 0.0394. The third-order valence-corrected chi connectivity index (χ3v) is 5.00. The number of hydrogen-bond donors (Lipinski definition) is 0. The minimum atomic E-state index is -4.58. The van der Waals surface area contributed by atoms with Crippen LogP contribution < -0.4 is 0 Å². The summed E-state index contributed by atoms with van der Waals surface area (Å²) in [5, 5.41) is 0. The second kappa shape index (κ2) is 7.63. The van der Waals surface area contributed by atoms with Crippen LogP contribution in [0, 0.1) is 0 Å². The molecule has 0 aliphatic rings. The van der Waals surface area contributed by atoms with Crippen molar-refractivity contribution in [2.24, 2.45) is 0 Å². The predicted octanol–water partition coefficient (Wildman–Crippen LogP) is 2.79. The van der Waals surface area contributed by atoms with E-state index in [9.17, 15) is 26.4 Å². The zero-order valence-corrected chi connectivity index (χ0v) is 14.8. The lowest BCUT2D eigenvalue weighted by Crippen LogP contribution is -2.34. The number of likely N-dealkylation sites (N-methyl/N-ethyl adjacent to an activating group) is 1. The van der Waals surface area contributed by atoms with Gasteiger partial charge >= 0.3 is 12.1 Å². The van der Waals surface area contributed by atoms with E-state index < -0.39 is 40.0 Å². The van der Waals surface area contributed by atoms with Crippen LogP contribution >= 0.6 is 15.9 Å². The maximum absolute atomic E-state index is 12.8. The molecule has 23 heavy (non-hydrogen) atoms. The monoisotopic (exact) mass is 417 g/mol. The van der Waals surface area contributed by atoms with Gasteiger partial charge < -0.3 is 4.74 Å². The molecule has 0 amide bonds. The summed E-state index contributed by atoms with van der Waals surface area (Å²) in [5.41, 5.74) is -0.993. The molecule has 0 heterocycles. The topological polar surface area (TPSA) is 63.7 Å². The highest BCUT2D eigenvalue weighted by Gasteiger charge is 2.32. The normalized spacial score (nSPS) is 12.5. The highest BCUT2D eigenvalue weighted by atomic mass is 79.9. The summed E-state index contributed by atoms with van der Waals surface area (Å²) < 4.78 is 68.0. The van der Waals surface area contributed by atoms with Crippen LogP contribution in [0.25, 0.3) is 0 Å². The summed E-state index contributed by atoms with van der Waals surface area (Å²) in [6.07, 6.45) is -4.58. The molecule has 0 aliphatic carbocycles. The summed E-state index contributed by atoms with van der Waals surface area (Å²) in [6, 6.07) is 2.91. The van der Waals surface area contributed by atoms with Crippen LogP contribution in [0.5, 0.6) is 0 Å². The molecule has 0 aliphatic heterocycles. The highest BCUT2D eigenvalue weighted by molar-refractivity contribution is 9.10. The van der Waals surface area contributed by atoms with Gasteiger partial charge in [-0.05, 0) is 30.7 Å². The second-order valence-electron chi connectivity index (χ2n) is 4.66. The van der Waals surface area contributed by atoms with Gasteiger partial charge in [-0.3, -0.25) is 4.79 Å². The molecule has 0 fully saturated rings. The molecule has 1 rings (SSSR count). The van der Waals surface area contributed by atoms with Crippen molar-refractivity contribution in [2.45, 2.75) is 18.9 Å². The van der Waals surface area contributed by atoms with Gasteiger partial charge in [-0.1, -0.05) is 15.9 Å². The van der Waals surface area contributed by atoms with E-state index in [4.69, 9.17) is 0 Å². The van der Waals surface area contributed by atoms with Gasteiger partial charge in [-0.15, -0.1) is 0 Å². The van der Waals surface area contributed by atoms with Crippen molar-refractivity contribution in [2.75, 3.05) is 20.2 Å². The van der Waals surface area contributed by atoms with Crippen LogP contribution in [0.2, 0.25) is 0 Å². The van der Waals surface area contributed by atoms with Crippen LogP contribution in [-0.4, -0.2) is 38.9 Å². The maximum Gasteiger partial charge on any atom is 0.416 e. The molecule has 0 bridgehead atoms. The van der Waals surface area contributed by atoms with Crippen molar-refractivity contribution in [3.05, 3.63) is 33.8 Å². The molecule has 0 saturated carbocycles. The molecular weight excluding hydrogens is 403 g/mol. The number of carbonyl (C=O) groups is 1. The summed E-state index contributed by atoms with van der Waals surface area (Å²) >= 11 is 2.93. The number of rotatable bonds is 6. The molecule has 0 saturated heterocycles. The van der Waals surface area contributed by atoms with Crippen molar-refractivity contribution in [1.82, 2.24) is 4.31 Å². The van der Waals surface area contributed by atoms with Gasteiger partial charge in [0.1, 0.15) is 6.54 Å². The first-order valence-corrected chi connectivity index (χ1v) is 8.82. The molecule has 5 nitrogen and oxygen atoms in total. The second-order valence-corrected chi connectivity index (χ2v) is 7.65. The Labute approximate surface area is 140 Å². The number of alkyl halides is 3. The lowest BCUT2D eigenvalue weighted by molar-refractivity contribution is -0.143. The molecule has 0 spiro atoms. The molecule has 0 unspecified atom stereocenters. The van der Waals surface area contributed by atoms with Crippen molar-refractivity contribution in [3.8, 4) is 0 Å². The molecule has 0 N–H and O–H groups in total. The van der Waals surface area contributed by atoms with E-state index >= 15 is 0 Å². The predicted molar refractivity (Wildman–Crippen MR) is 81.0 cm³/mol. The van der Waals surface area contributed by atoms with Gasteiger partial charge in [0.05, 0.1) is 17.9 Å². The molecular formula is C13H15BrF3NO4S. The fraction of sp³-hybridized carbons (Fsp3) is 0.462. The van der Waals surface area contributed by atoms with E-state index in [0.29, 0.717) is 0 Å². The maximum atomic E-state index is 12.8. The number of hydrogen-bond acceptors (Lipinski definition) is 4. The van der Waals surface area contributed by atoms with E-state index in [0.717, 1.165) is 23.5 Å². The van der Waals surface area contributed by atoms with E-state index in [1.54, 1.807) is 6.92 Å².